The van der Waals surface area contributed by atoms with Gasteiger partial charge in [-0.1, -0.05) is 0 Å². The van der Waals surface area contributed by atoms with Gasteiger partial charge in [0, 0.05) is 12.1 Å². The van der Waals surface area contributed by atoms with Crippen LogP contribution in [0.1, 0.15) is 0 Å². The van der Waals surface area contributed by atoms with E-state index in [0.29, 0.717) is 12.1 Å². The smallest absolute Gasteiger partial charge is 0.289 e. The molecule has 0 unspecified atom stereocenters. The Balaban J connectivity index is 2.62. The van der Waals surface area contributed by atoms with Crippen molar-refractivity contribution in [3.8, 4) is 0 Å². The molecule has 3 rings (SSSR count). The molecule has 1 heterocycles. The second kappa shape index (κ2) is 5.80. The van der Waals surface area contributed by atoms with E-state index in [1.165, 1.54) is 0 Å². The molecule has 3 aromatic rings. The first-order chi connectivity index (χ1) is 12.6. The van der Waals surface area contributed by atoms with Crippen molar-refractivity contribution in [1.29, 1.82) is 0 Å². The van der Waals surface area contributed by atoms with Gasteiger partial charge >= 0.3 is 0 Å². The van der Waals surface area contributed by atoms with Gasteiger partial charge in [0.05, 0.1) is 42.9 Å². The normalized spacial score (nSPS) is 10.8. The van der Waals surface area contributed by atoms with Crippen LogP contribution < -0.4 is 5.43 Å². The Kier molecular flexibility index (Phi) is 3.72. The lowest BCUT2D eigenvalue weighted by atomic mass is 10.1. The van der Waals surface area contributed by atoms with Crippen molar-refractivity contribution in [1.82, 2.24) is 4.98 Å². The fourth-order valence-electron chi connectivity index (χ4n) is 2.67. The maximum atomic E-state index is 12.7. The number of nitrogens with zero attached hydrogens (tertiary/aromatic N) is 4. The molecule has 14 heteroatoms. The van der Waals surface area contributed by atoms with E-state index in [-0.39, 0.29) is 11.0 Å². The summed E-state index contributed by atoms with van der Waals surface area (Å²) in [6, 6.07) is 2.77. The summed E-state index contributed by atoms with van der Waals surface area (Å²) >= 11 is 0. The molecule has 0 saturated heterocycles. The van der Waals surface area contributed by atoms with Gasteiger partial charge in [-0.15, -0.1) is 0 Å². The average molecular weight is 375 g/mol. The summed E-state index contributed by atoms with van der Waals surface area (Å²) in [7, 11) is 0. The lowest BCUT2D eigenvalue weighted by Gasteiger charge is -2.05. The molecule has 0 aliphatic carbocycles. The maximum Gasteiger partial charge on any atom is 0.289 e. The monoisotopic (exact) mass is 375 g/mol. The Hall–Kier alpha value is -4.49. The average Bonchev–Trinajstić information content (AvgIpc) is 2.59. The van der Waals surface area contributed by atoms with Crippen molar-refractivity contribution >= 4 is 44.6 Å². The van der Waals surface area contributed by atoms with Crippen LogP contribution in [0.4, 0.5) is 22.7 Å². The molecule has 0 aliphatic heterocycles. The van der Waals surface area contributed by atoms with Gasteiger partial charge in [-0.25, -0.2) is 0 Å². The van der Waals surface area contributed by atoms with Gasteiger partial charge in [-0.3, -0.25) is 45.3 Å². The Morgan fingerprint density at radius 3 is 1.30 bits per heavy atom. The van der Waals surface area contributed by atoms with Gasteiger partial charge in [-0.05, 0) is 0 Å². The highest BCUT2D eigenvalue weighted by atomic mass is 16.6. The van der Waals surface area contributed by atoms with E-state index in [2.05, 4.69) is 4.98 Å². The number of nitrogens with one attached hydrogen (secondary N) is 1. The second-order valence-electron chi connectivity index (χ2n) is 5.26. The van der Waals surface area contributed by atoms with E-state index in [9.17, 15) is 45.3 Å². The van der Waals surface area contributed by atoms with Crippen LogP contribution in [0.3, 0.4) is 0 Å². The molecular formula is C13H5N5O9. The number of fused-ring (bicyclic) bond motifs is 2. The summed E-state index contributed by atoms with van der Waals surface area (Å²) < 4.78 is 0. The minimum Gasteiger partial charge on any atom is -0.353 e. The highest BCUT2D eigenvalue weighted by Gasteiger charge is 2.28. The third-order valence-electron chi connectivity index (χ3n) is 3.74. The number of nitro benzene ring substituents is 4. The topological polar surface area (TPSA) is 205 Å². The van der Waals surface area contributed by atoms with Crippen molar-refractivity contribution in [2.75, 3.05) is 0 Å². The first-order valence-electron chi connectivity index (χ1n) is 6.87. The van der Waals surface area contributed by atoms with E-state index in [4.69, 9.17) is 0 Å². The number of pyridine rings is 1. The summed E-state index contributed by atoms with van der Waals surface area (Å²) in [4.78, 5) is 55.7. The standard InChI is InChI=1S/C13H5N5O9/c19-13-11-7(1-5(15(20)21)3-9(11)17(24)25)14-8-2-6(16(22)23)4-10(12(8)13)18(26)27/h1-4H,(H,14,19). The highest BCUT2D eigenvalue weighted by Crippen LogP contribution is 2.33. The van der Waals surface area contributed by atoms with Crippen molar-refractivity contribution < 1.29 is 19.7 Å². The summed E-state index contributed by atoms with van der Waals surface area (Å²) in [6.07, 6.45) is 0. The SMILES string of the molecule is O=c1c2c([N+](=O)[O-])cc([N+](=O)[O-])cc2[nH]c2cc([N+](=O)[O-])cc([N+](=O)[O-])c12. The number of aromatic amines is 1. The van der Waals surface area contributed by atoms with Crippen LogP contribution in [0.25, 0.3) is 21.8 Å². The Labute approximate surface area is 145 Å². The van der Waals surface area contributed by atoms with Crippen molar-refractivity contribution in [2.24, 2.45) is 0 Å². The summed E-state index contributed by atoms with van der Waals surface area (Å²) in [5.74, 6) is 0. The molecule has 2 aromatic carbocycles. The maximum absolute atomic E-state index is 12.7. The molecule has 0 radical (unpaired) electrons. The molecule has 27 heavy (non-hydrogen) atoms. The number of hydrogen-bond acceptors (Lipinski definition) is 9. The van der Waals surface area contributed by atoms with Crippen LogP contribution in [0, 0.1) is 40.5 Å². The van der Waals surface area contributed by atoms with Gasteiger partial charge < -0.3 is 4.98 Å². The Morgan fingerprint density at radius 1 is 0.630 bits per heavy atom. The minimum atomic E-state index is -1.15. The molecule has 0 spiro atoms. The van der Waals surface area contributed by atoms with Gasteiger partial charge in [0.2, 0.25) is 5.43 Å². The third-order valence-corrected chi connectivity index (χ3v) is 3.74. The third kappa shape index (κ3) is 2.66. The zero-order valence-electron chi connectivity index (χ0n) is 12.8. The number of H-pyrrole nitrogens is 1. The number of benzene rings is 2. The van der Waals surface area contributed by atoms with E-state index in [1.807, 2.05) is 0 Å². The highest BCUT2D eigenvalue weighted by molar-refractivity contribution is 6.02. The molecule has 0 bridgehead atoms. The first kappa shape index (κ1) is 17.3. The quantitative estimate of drug-likeness (QED) is 0.402. The van der Waals surface area contributed by atoms with E-state index in [0.717, 1.165) is 12.1 Å². The largest absolute Gasteiger partial charge is 0.353 e. The van der Waals surface area contributed by atoms with Crippen LogP contribution in [0.2, 0.25) is 0 Å². The molecule has 136 valence electrons. The fraction of sp³-hybridized carbons (Fsp3) is 0. The number of nitro groups is 4. The van der Waals surface area contributed by atoms with Gasteiger partial charge in [0.1, 0.15) is 10.8 Å². The molecule has 1 aromatic heterocycles. The molecule has 0 fully saturated rings. The molecule has 0 amide bonds. The second-order valence-corrected chi connectivity index (χ2v) is 5.26. The van der Waals surface area contributed by atoms with Crippen LogP contribution in [-0.2, 0) is 0 Å². The van der Waals surface area contributed by atoms with Crippen molar-refractivity contribution in [2.45, 2.75) is 0 Å². The van der Waals surface area contributed by atoms with Gasteiger partial charge in [0.25, 0.3) is 22.7 Å². The minimum absolute atomic E-state index is 0.358. The molecule has 0 saturated carbocycles. The number of rotatable bonds is 4. The Morgan fingerprint density at radius 2 is 1.00 bits per heavy atom. The van der Waals surface area contributed by atoms with Crippen LogP contribution in [0.15, 0.2) is 29.1 Å². The Bertz CT molecular complexity index is 1170. The van der Waals surface area contributed by atoms with Crippen molar-refractivity contribution in [3.63, 3.8) is 0 Å². The van der Waals surface area contributed by atoms with E-state index < -0.39 is 58.6 Å². The number of hydrogen-bond donors (Lipinski definition) is 1. The van der Waals surface area contributed by atoms with Crippen LogP contribution >= 0.6 is 0 Å². The molecule has 14 nitrogen and oxygen atoms in total. The molecule has 0 atom stereocenters. The lowest BCUT2D eigenvalue weighted by Crippen LogP contribution is -2.10. The van der Waals surface area contributed by atoms with Crippen molar-refractivity contribution in [3.05, 3.63) is 74.9 Å². The molecular weight excluding hydrogens is 370 g/mol. The van der Waals surface area contributed by atoms with Gasteiger partial charge in [-0.2, -0.15) is 0 Å². The summed E-state index contributed by atoms with van der Waals surface area (Å²) in [5.41, 5.74) is -5.12. The summed E-state index contributed by atoms with van der Waals surface area (Å²) in [5, 5.41) is 43.2. The van der Waals surface area contributed by atoms with Crippen LogP contribution in [-0.4, -0.2) is 24.7 Å². The fourth-order valence-corrected chi connectivity index (χ4v) is 2.67. The number of aromatic nitrogens is 1. The molecule has 1 N–H and O–H groups in total. The summed E-state index contributed by atoms with van der Waals surface area (Å²) in [6.45, 7) is 0. The van der Waals surface area contributed by atoms with Gasteiger partial charge in [0.15, 0.2) is 0 Å². The zero-order chi connectivity index (χ0) is 20.0. The predicted octanol–water partition coefficient (Wildman–Crippen LogP) is 2.31. The van der Waals surface area contributed by atoms with Crippen LogP contribution in [0.5, 0.6) is 0 Å². The number of non-ortho nitro benzene ring substituents is 4. The molecule has 0 aliphatic rings. The predicted molar refractivity (Wildman–Crippen MR) is 88.7 cm³/mol. The van der Waals surface area contributed by atoms with E-state index in [1.54, 1.807) is 0 Å². The lowest BCUT2D eigenvalue weighted by molar-refractivity contribution is -0.393. The first-order valence-corrected chi connectivity index (χ1v) is 6.87. The van der Waals surface area contributed by atoms with E-state index >= 15 is 0 Å². The zero-order valence-corrected chi connectivity index (χ0v) is 12.8.